The summed E-state index contributed by atoms with van der Waals surface area (Å²) in [5.74, 6) is 0.465. The summed E-state index contributed by atoms with van der Waals surface area (Å²) < 4.78 is 23.6. The van der Waals surface area contributed by atoms with Crippen LogP contribution in [-0.2, 0) is 16.4 Å². The topological polar surface area (TPSA) is 50.3 Å². The third kappa shape index (κ3) is 2.45. The molecular weight excluding hydrogens is 200 g/mol. The Morgan fingerprint density at radius 1 is 1.50 bits per heavy atom. The molecule has 0 aliphatic heterocycles. The van der Waals surface area contributed by atoms with Gasteiger partial charge in [-0.15, -0.1) is 0 Å². The number of sulfonamides is 1. The van der Waals surface area contributed by atoms with Gasteiger partial charge in [-0.2, -0.15) is 0 Å². The molecular formula is C9H14N2O2S. The number of hydrogen-bond donors (Lipinski definition) is 0. The molecule has 1 heterocycles. The average Bonchev–Trinajstić information content (AvgIpc) is 2.15. The molecule has 1 aromatic rings. The quantitative estimate of drug-likeness (QED) is 0.755. The fourth-order valence-corrected chi connectivity index (χ4v) is 1.46. The highest BCUT2D eigenvalue weighted by Crippen LogP contribution is 2.13. The van der Waals surface area contributed by atoms with Gasteiger partial charge < -0.3 is 0 Å². The minimum absolute atomic E-state index is 0.465. The molecule has 0 aliphatic carbocycles. The molecule has 0 atom stereocenters. The molecule has 0 saturated heterocycles. The van der Waals surface area contributed by atoms with E-state index in [2.05, 4.69) is 4.98 Å². The summed E-state index contributed by atoms with van der Waals surface area (Å²) in [5.41, 5.74) is 1.07. The Balaban J connectivity index is 3.08. The standard InChI is InChI=1S/C9H14N2O2S/c1-4-8-5-6-10-9(7-8)11(2)14(3,12)13/h5-7H,4H2,1-3H3. The molecule has 78 valence electrons. The first-order valence-corrected chi connectivity index (χ1v) is 6.19. The lowest BCUT2D eigenvalue weighted by atomic mass is 10.2. The van der Waals surface area contributed by atoms with Gasteiger partial charge in [0.15, 0.2) is 0 Å². The first kappa shape index (κ1) is 11.0. The van der Waals surface area contributed by atoms with Crippen molar-refractivity contribution in [2.45, 2.75) is 13.3 Å². The lowest BCUT2D eigenvalue weighted by molar-refractivity contribution is 0.600. The molecule has 0 aromatic carbocycles. The molecule has 0 fully saturated rings. The van der Waals surface area contributed by atoms with Crippen molar-refractivity contribution in [3.8, 4) is 0 Å². The second-order valence-corrected chi connectivity index (χ2v) is 5.12. The van der Waals surface area contributed by atoms with Gasteiger partial charge in [0.1, 0.15) is 5.82 Å². The summed E-state index contributed by atoms with van der Waals surface area (Å²) in [6.07, 6.45) is 3.65. The summed E-state index contributed by atoms with van der Waals surface area (Å²) in [4.78, 5) is 4.00. The number of hydrogen-bond acceptors (Lipinski definition) is 3. The fraction of sp³-hybridized carbons (Fsp3) is 0.444. The minimum atomic E-state index is -3.21. The highest BCUT2D eigenvalue weighted by molar-refractivity contribution is 7.92. The SMILES string of the molecule is CCc1ccnc(N(C)S(C)(=O)=O)c1. The van der Waals surface area contributed by atoms with E-state index in [4.69, 9.17) is 0 Å². The van der Waals surface area contributed by atoms with Gasteiger partial charge in [-0.25, -0.2) is 13.4 Å². The molecule has 4 nitrogen and oxygen atoms in total. The van der Waals surface area contributed by atoms with Crippen LogP contribution in [0.25, 0.3) is 0 Å². The van der Waals surface area contributed by atoms with Crippen molar-refractivity contribution >= 4 is 15.8 Å². The number of nitrogens with zero attached hydrogens (tertiary/aromatic N) is 2. The van der Waals surface area contributed by atoms with Crippen LogP contribution in [0.1, 0.15) is 12.5 Å². The normalized spacial score (nSPS) is 11.4. The van der Waals surface area contributed by atoms with E-state index in [0.717, 1.165) is 18.2 Å². The van der Waals surface area contributed by atoms with Crippen LogP contribution in [-0.4, -0.2) is 26.7 Å². The molecule has 0 unspecified atom stereocenters. The zero-order chi connectivity index (χ0) is 10.8. The van der Waals surface area contributed by atoms with Gasteiger partial charge in [0.2, 0.25) is 10.0 Å². The maximum Gasteiger partial charge on any atom is 0.233 e. The zero-order valence-electron chi connectivity index (χ0n) is 8.56. The van der Waals surface area contributed by atoms with Crippen molar-refractivity contribution in [2.75, 3.05) is 17.6 Å². The second-order valence-electron chi connectivity index (χ2n) is 3.11. The molecule has 0 spiro atoms. The van der Waals surface area contributed by atoms with Crippen molar-refractivity contribution in [3.63, 3.8) is 0 Å². The maximum absolute atomic E-state index is 11.2. The number of anilines is 1. The molecule has 0 aliphatic rings. The molecule has 5 heteroatoms. The van der Waals surface area contributed by atoms with Gasteiger partial charge in [0, 0.05) is 13.2 Å². The minimum Gasteiger partial charge on any atom is -0.257 e. The Morgan fingerprint density at radius 3 is 2.64 bits per heavy atom. The zero-order valence-corrected chi connectivity index (χ0v) is 9.37. The first-order valence-electron chi connectivity index (χ1n) is 4.34. The van der Waals surface area contributed by atoms with Crippen LogP contribution < -0.4 is 4.31 Å². The van der Waals surface area contributed by atoms with E-state index in [1.165, 1.54) is 11.4 Å². The summed E-state index contributed by atoms with van der Waals surface area (Å²) >= 11 is 0. The lowest BCUT2D eigenvalue weighted by Gasteiger charge is -2.15. The predicted octanol–water partition coefficient (Wildman–Crippen LogP) is 1.04. The van der Waals surface area contributed by atoms with Crippen LogP contribution in [0.3, 0.4) is 0 Å². The number of aromatic nitrogens is 1. The van der Waals surface area contributed by atoms with Crippen LogP contribution in [0.15, 0.2) is 18.3 Å². The molecule has 0 amide bonds. The predicted molar refractivity (Wildman–Crippen MR) is 56.9 cm³/mol. The molecule has 0 N–H and O–H groups in total. The Kier molecular flexibility index (Phi) is 3.10. The van der Waals surface area contributed by atoms with E-state index in [-0.39, 0.29) is 0 Å². The number of pyridine rings is 1. The number of aryl methyl sites for hydroxylation is 1. The molecule has 1 rings (SSSR count). The summed E-state index contributed by atoms with van der Waals surface area (Å²) in [7, 11) is -1.71. The van der Waals surface area contributed by atoms with Crippen molar-refractivity contribution in [3.05, 3.63) is 23.9 Å². The van der Waals surface area contributed by atoms with Gasteiger partial charge in [0.05, 0.1) is 6.26 Å². The number of rotatable bonds is 3. The van der Waals surface area contributed by atoms with Crippen molar-refractivity contribution in [1.29, 1.82) is 0 Å². The fourth-order valence-electron chi connectivity index (χ4n) is 1.02. The van der Waals surface area contributed by atoms with Gasteiger partial charge in [-0.1, -0.05) is 6.92 Å². The van der Waals surface area contributed by atoms with Crippen LogP contribution in [0.2, 0.25) is 0 Å². The highest BCUT2D eigenvalue weighted by atomic mass is 32.2. The summed E-state index contributed by atoms with van der Waals surface area (Å²) in [6.45, 7) is 2.01. The molecule has 14 heavy (non-hydrogen) atoms. The Labute approximate surface area is 84.6 Å². The largest absolute Gasteiger partial charge is 0.257 e. The molecule has 0 bridgehead atoms. The maximum atomic E-state index is 11.2. The van der Waals surface area contributed by atoms with Gasteiger partial charge in [0.25, 0.3) is 0 Å². The summed E-state index contributed by atoms with van der Waals surface area (Å²) in [6, 6.07) is 3.65. The third-order valence-corrected chi connectivity index (χ3v) is 3.22. The van der Waals surface area contributed by atoms with Crippen molar-refractivity contribution in [1.82, 2.24) is 4.98 Å². The Morgan fingerprint density at radius 2 is 2.14 bits per heavy atom. The monoisotopic (exact) mass is 214 g/mol. The first-order chi connectivity index (χ1) is 6.45. The van der Waals surface area contributed by atoms with Gasteiger partial charge in [-0.3, -0.25) is 4.31 Å². The molecule has 0 saturated carbocycles. The Bertz CT molecular complexity index is 415. The summed E-state index contributed by atoms with van der Waals surface area (Å²) in [5, 5.41) is 0. The van der Waals surface area contributed by atoms with Crippen LogP contribution >= 0.6 is 0 Å². The van der Waals surface area contributed by atoms with Gasteiger partial charge in [-0.05, 0) is 24.1 Å². The van der Waals surface area contributed by atoms with E-state index in [1.54, 1.807) is 12.3 Å². The van der Waals surface area contributed by atoms with E-state index < -0.39 is 10.0 Å². The second kappa shape index (κ2) is 3.96. The van der Waals surface area contributed by atoms with E-state index in [9.17, 15) is 8.42 Å². The smallest absolute Gasteiger partial charge is 0.233 e. The average molecular weight is 214 g/mol. The van der Waals surface area contributed by atoms with E-state index in [1.807, 2.05) is 13.0 Å². The highest BCUT2D eigenvalue weighted by Gasteiger charge is 2.12. The van der Waals surface area contributed by atoms with E-state index in [0.29, 0.717) is 5.82 Å². The van der Waals surface area contributed by atoms with Crippen LogP contribution in [0, 0.1) is 0 Å². The lowest BCUT2D eigenvalue weighted by Crippen LogP contribution is -2.25. The molecule has 1 aromatic heterocycles. The van der Waals surface area contributed by atoms with Gasteiger partial charge >= 0.3 is 0 Å². The van der Waals surface area contributed by atoms with E-state index >= 15 is 0 Å². The van der Waals surface area contributed by atoms with Crippen molar-refractivity contribution in [2.24, 2.45) is 0 Å². The third-order valence-electron chi connectivity index (χ3n) is 2.04. The van der Waals surface area contributed by atoms with Crippen molar-refractivity contribution < 1.29 is 8.42 Å². The Hall–Kier alpha value is -1.10. The van der Waals surface area contributed by atoms with Crippen LogP contribution in [0.5, 0.6) is 0 Å². The molecule has 0 radical (unpaired) electrons. The van der Waals surface area contributed by atoms with Crippen LogP contribution in [0.4, 0.5) is 5.82 Å².